The normalized spacial score (nSPS) is 25.5. The molecule has 1 aromatic carbocycles. The van der Waals surface area contributed by atoms with Crippen molar-refractivity contribution < 1.29 is 14.3 Å². The molecule has 2 aromatic rings. The van der Waals surface area contributed by atoms with E-state index in [9.17, 15) is 4.79 Å². The lowest BCUT2D eigenvalue weighted by atomic mass is 9.89. The van der Waals surface area contributed by atoms with Crippen molar-refractivity contribution in [2.45, 2.75) is 53.5 Å². The van der Waals surface area contributed by atoms with E-state index < -0.39 is 0 Å². The Morgan fingerprint density at radius 2 is 2.26 bits per heavy atom. The highest BCUT2D eigenvalue weighted by Crippen LogP contribution is 2.43. The molecule has 4 rings (SSSR count). The van der Waals surface area contributed by atoms with Gasteiger partial charge in [-0.3, -0.25) is 4.79 Å². The van der Waals surface area contributed by atoms with Gasteiger partial charge in [-0.25, -0.2) is 4.98 Å². The third-order valence-electron chi connectivity index (χ3n) is 5.45. The van der Waals surface area contributed by atoms with Crippen LogP contribution in [-0.2, 0) is 26.3 Å². The standard InChI is InChI=1S/C20H24N2O3S2/c1-13-11-20(24-3,8-9-25-13)17-12-21-19(27-17)26-15-5-6-16-14(10-15)4-7-18(23)22(16)2/h5-6,10,12-13H,4,7-9,11H2,1-3H3/t13-,20+/m0/s1. The van der Waals surface area contributed by atoms with E-state index >= 15 is 0 Å². The quantitative estimate of drug-likeness (QED) is 0.763. The average Bonchev–Trinajstić information content (AvgIpc) is 3.14. The van der Waals surface area contributed by atoms with Crippen LogP contribution in [0, 0.1) is 0 Å². The summed E-state index contributed by atoms with van der Waals surface area (Å²) >= 11 is 3.38. The minimum atomic E-state index is -0.285. The Balaban J connectivity index is 1.54. The van der Waals surface area contributed by atoms with Crippen LogP contribution >= 0.6 is 23.1 Å². The first kappa shape index (κ1) is 18.9. The molecule has 0 bridgehead atoms. The molecule has 1 aromatic heterocycles. The maximum absolute atomic E-state index is 11.9. The highest BCUT2D eigenvalue weighted by Gasteiger charge is 2.39. The van der Waals surface area contributed by atoms with Crippen molar-refractivity contribution in [1.82, 2.24) is 4.98 Å². The van der Waals surface area contributed by atoms with E-state index in [0.717, 1.165) is 34.2 Å². The van der Waals surface area contributed by atoms with E-state index in [2.05, 4.69) is 24.0 Å². The fourth-order valence-electron chi connectivity index (χ4n) is 3.87. The predicted molar refractivity (Wildman–Crippen MR) is 108 cm³/mol. The van der Waals surface area contributed by atoms with Gasteiger partial charge in [0.1, 0.15) is 5.60 Å². The van der Waals surface area contributed by atoms with Gasteiger partial charge in [-0.1, -0.05) is 11.8 Å². The molecule has 7 heteroatoms. The fourth-order valence-corrected chi connectivity index (χ4v) is 6.10. The summed E-state index contributed by atoms with van der Waals surface area (Å²) < 4.78 is 12.7. The van der Waals surface area contributed by atoms with Gasteiger partial charge < -0.3 is 14.4 Å². The number of thiazole rings is 1. The lowest BCUT2D eigenvalue weighted by Crippen LogP contribution is -2.38. The average molecular weight is 405 g/mol. The second-order valence-corrected chi connectivity index (χ2v) is 9.52. The maximum Gasteiger partial charge on any atom is 0.227 e. The van der Waals surface area contributed by atoms with Gasteiger partial charge in [-0.2, -0.15) is 0 Å². The van der Waals surface area contributed by atoms with Gasteiger partial charge >= 0.3 is 0 Å². The zero-order valence-corrected chi connectivity index (χ0v) is 17.5. The Hall–Kier alpha value is -1.41. The van der Waals surface area contributed by atoms with Crippen LogP contribution in [0.3, 0.4) is 0 Å². The number of nitrogens with zero attached hydrogens (tertiary/aromatic N) is 2. The molecule has 2 atom stereocenters. The summed E-state index contributed by atoms with van der Waals surface area (Å²) in [5.74, 6) is 0.183. The van der Waals surface area contributed by atoms with Gasteiger partial charge in [-0.15, -0.1) is 11.3 Å². The molecule has 0 radical (unpaired) electrons. The van der Waals surface area contributed by atoms with Crippen molar-refractivity contribution in [3.8, 4) is 0 Å². The topological polar surface area (TPSA) is 51.7 Å². The number of aromatic nitrogens is 1. The van der Waals surface area contributed by atoms with Crippen LogP contribution in [0.5, 0.6) is 0 Å². The summed E-state index contributed by atoms with van der Waals surface area (Å²) in [7, 11) is 3.63. The van der Waals surface area contributed by atoms with Crippen LogP contribution in [0.4, 0.5) is 5.69 Å². The number of carbonyl (C=O) groups is 1. The largest absolute Gasteiger partial charge is 0.378 e. The number of rotatable bonds is 4. The maximum atomic E-state index is 11.9. The molecule has 1 fully saturated rings. The predicted octanol–water partition coefficient (Wildman–Crippen LogP) is 4.24. The van der Waals surface area contributed by atoms with Crippen molar-refractivity contribution in [3.05, 3.63) is 34.8 Å². The van der Waals surface area contributed by atoms with Gasteiger partial charge in [0.05, 0.1) is 17.6 Å². The van der Waals surface area contributed by atoms with Crippen LogP contribution < -0.4 is 4.90 Å². The Morgan fingerprint density at radius 1 is 1.41 bits per heavy atom. The van der Waals surface area contributed by atoms with Gasteiger partial charge in [0, 0.05) is 50.2 Å². The minimum Gasteiger partial charge on any atom is -0.378 e. The van der Waals surface area contributed by atoms with Crippen molar-refractivity contribution in [2.75, 3.05) is 25.7 Å². The molecular formula is C20H24N2O3S2. The number of carbonyl (C=O) groups excluding carboxylic acids is 1. The molecule has 0 N–H and O–H groups in total. The van der Waals surface area contributed by atoms with E-state index in [-0.39, 0.29) is 17.6 Å². The third-order valence-corrected chi connectivity index (χ3v) is 7.70. The molecule has 0 unspecified atom stereocenters. The van der Waals surface area contributed by atoms with E-state index in [1.54, 1.807) is 35.1 Å². The van der Waals surface area contributed by atoms with Gasteiger partial charge in [0.15, 0.2) is 4.34 Å². The number of amides is 1. The SMILES string of the molecule is CO[C@]1(c2cnc(Sc3ccc4c(c3)CCC(=O)N4C)s2)CCO[C@@H](C)C1. The smallest absolute Gasteiger partial charge is 0.227 e. The number of fused-ring (bicyclic) bond motifs is 1. The van der Waals surface area contributed by atoms with E-state index in [1.807, 2.05) is 19.3 Å². The monoisotopic (exact) mass is 404 g/mol. The summed E-state index contributed by atoms with van der Waals surface area (Å²) in [5, 5.41) is 0. The number of methoxy groups -OCH3 is 1. The summed E-state index contributed by atoms with van der Waals surface area (Å²) in [6.07, 6.45) is 5.25. The number of ether oxygens (including phenoxy) is 2. The summed E-state index contributed by atoms with van der Waals surface area (Å²) in [6.45, 7) is 2.81. The molecule has 2 aliphatic heterocycles. The third kappa shape index (κ3) is 3.66. The first-order valence-electron chi connectivity index (χ1n) is 9.21. The van der Waals surface area contributed by atoms with Crippen LogP contribution in [-0.4, -0.2) is 37.8 Å². The first-order valence-corrected chi connectivity index (χ1v) is 10.8. The van der Waals surface area contributed by atoms with Crippen LogP contribution in [0.1, 0.15) is 36.6 Å². The number of anilines is 1. The van der Waals surface area contributed by atoms with E-state index in [1.165, 1.54) is 10.4 Å². The van der Waals surface area contributed by atoms with Crippen molar-refractivity contribution in [2.24, 2.45) is 0 Å². The molecular weight excluding hydrogens is 380 g/mol. The Morgan fingerprint density at radius 3 is 3.04 bits per heavy atom. The van der Waals surface area contributed by atoms with Crippen molar-refractivity contribution >= 4 is 34.7 Å². The van der Waals surface area contributed by atoms with Gasteiger partial charge in [0.25, 0.3) is 0 Å². The van der Waals surface area contributed by atoms with E-state index in [4.69, 9.17) is 9.47 Å². The van der Waals surface area contributed by atoms with Crippen LogP contribution in [0.2, 0.25) is 0 Å². The van der Waals surface area contributed by atoms with Crippen LogP contribution in [0.25, 0.3) is 0 Å². The second kappa shape index (κ2) is 7.54. The number of benzene rings is 1. The summed E-state index contributed by atoms with van der Waals surface area (Å²) in [5.41, 5.74) is 1.96. The molecule has 5 nitrogen and oxygen atoms in total. The Bertz CT molecular complexity index is 854. The molecule has 1 saturated heterocycles. The molecule has 0 spiro atoms. The molecule has 144 valence electrons. The molecule has 3 heterocycles. The Labute approximate surface area is 168 Å². The molecule has 2 aliphatic rings. The molecule has 0 saturated carbocycles. The highest BCUT2D eigenvalue weighted by molar-refractivity contribution is 8.01. The first-order chi connectivity index (χ1) is 13.0. The Kier molecular flexibility index (Phi) is 5.29. The lowest BCUT2D eigenvalue weighted by Gasteiger charge is -2.37. The number of aryl methyl sites for hydroxylation is 1. The van der Waals surface area contributed by atoms with Gasteiger partial charge in [-0.05, 0) is 37.1 Å². The fraction of sp³-hybridized carbons (Fsp3) is 0.500. The molecule has 27 heavy (non-hydrogen) atoms. The second-order valence-electron chi connectivity index (χ2n) is 7.17. The summed E-state index contributed by atoms with van der Waals surface area (Å²) in [4.78, 5) is 20.6. The van der Waals surface area contributed by atoms with Crippen LogP contribution in [0.15, 0.2) is 33.6 Å². The zero-order valence-electron chi connectivity index (χ0n) is 15.9. The number of hydrogen-bond donors (Lipinski definition) is 0. The number of hydrogen-bond acceptors (Lipinski definition) is 6. The van der Waals surface area contributed by atoms with Gasteiger partial charge in [0.2, 0.25) is 5.91 Å². The highest BCUT2D eigenvalue weighted by atomic mass is 32.2. The van der Waals surface area contributed by atoms with E-state index in [0.29, 0.717) is 13.0 Å². The lowest BCUT2D eigenvalue weighted by molar-refractivity contribution is -0.120. The molecule has 0 aliphatic carbocycles. The van der Waals surface area contributed by atoms with Crippen molar-refractivity contribution in [1.29, 1.82) is 0 Å². The van der Waals surface area contributed by atoms with Crippen molar-refractivity contribution in [3.63, 3.8) is 0 Å². The minimum absolute atomic E-state index is 0.183. The zero-order chi connectivity index (χ0) is 19.0. The molecule has 1 amide bonds. The summed E-state index contributed by atoms with van der Waals surface area (Å²) in [6, 6.07) is 6.30.